The van der Waals surface area contributed by atoms with Gasteiger partial charge in [0.15, 0.2) is 0 Å². The third-order valence-corrected chi connectivity index (χ3v) is 4.67. The molecule has 3 nitrogen and oxygen atoms in total. The highest BCUT2D eigenvalue weighted by atomic mass is 16.1. The van der Waals surface area contributed by atoms with Crippen molar-refractivity contribution in [3.63, 3.8) is 0 Å². The lowest BCUT2D eigenvalue weighted by Crippen LogP contribution is -2.34. The van der Waals surface area contributed by atoms with Crippen molar-refractivity contribution >= 4 is 5.91 Å². The van der Waals surface area contributed by atoms with Crippen molar-refractivity contribution in [3.05, 3.63) is 35.4 Å². The zero-order chi connectivity index (χ0) is 15.1. The first-order valence-corrected chi connectivity index (χ1v) is 8.18. The van der Waals surface area contributed by atoms with E-state index in [0.717, 1.165) is 26.1 Å². The Labute approximate surface area is 128 Å². The van der Waals surface area contributed by atoms with Gasteiger partial charge in [0, 0.05) is 13.0 Å². The Kier molecular flexibility index (Phi) is 6.24. The molecule has 3 heteroatoms. The van der Waals surface area contributed by atoms with Gasteiger partial charge >= 0.3 is 0 Å². The number of hydrogen-bond donors (Lipinski definition) is 2. The van der Waals surface area contributed by atoms with Crippen molar-refractivity contribution in [3.8, 4) is 0 Å². The fraction of sp³-hybridized carbons (Fsp3) is 0.611. The Bertz CT molecular complexity index is 452. The van der Waals surface area contributed by atoms with E-state index in [1.54, 1.807) is 0 Å². The number of hydrogen-bond acceptors (Lipinski definition) is 2. The molecule has 1 atom stereocenters. The minimum absolute atomic E-state index is 0.203. The zero-order valence-corrected chi connectivity index (χ0v) is 13.3. The zero-order valence-electron chi connectivity index (χ0n) is 13.3. The molecule has 0 radical (unpaired) electrons. The van der Waals surface area contributed by atoms with Crippen LogP contribution < -0.4 is 10.6 Å². The number of carbonyl (C=O) groups excluding carboxylic acids is 1. The van der Waals surface area contributed by atoms with E-state index in [9.17, 15) is 4.79 Å². The van der Waals surface area contributed by atoms with Gasteiger partial charge in [-0.1, -0.05) is 31.2 Å². The van der Waals surface area contributed by atoms with Gasteiger partial charge in [-0.05, 0) is 62.2 Å². The van der Waals surface area contributed by atoms with Crippen LogP contribution in [-0.4, -0.2) is 25.5 Å². The van der Waals surface area contributed by atoms with Crippen LogP contribution in [0, 0.1) is 18.8 Å². The van der Waals surface area contributed by atoms with Crippen molar-refractivity contribution in [2.24, 2.45) is 11.8 Å². The van der Waals surface area contributed by atoms with Crippen LogP contribution in [0.25, 0.3) is 0 Å². The van der Waals surface area contributed by atoms with E-state index in [0.29, 0.717) is 18.3 Å². The van der Waals surface area contributed by atoms with Crippen LogP contribution in [0.3, 0.4) is 0 Å². The summed E-state index contributed by atoms with van der Waals surface area (Å²) in [6, 6.07) is 8.37. The van der Waals surface area contributed by atoms with Crippen molar-refractivity contribution in [2.45, 2.75) is 39.5 Å². The van der Waals surface area contributed by atoms with Gasteiger partial charge in [0.1, 0.15) is 0 Å². The van der Waals surface area contributed by atoms with Gasteiger partial charge in [-0.25, -0.2) is 0 Å². The molecule has 116 valence electrons. The molecular weight excluding hydrogens is 260 g/mol. The van der Waals surface area contributed by atoms with Crippen LogP contribution in [0.5, 0.6) is 0 Å². The van der Waals surface area contributed by atoms with Gasteiger partial charge in [-0.3, -0.25) is 4.79 Å². The van der Waals surface area contributed by atoms with Gasteiger partial charge in [-0.2, -0.15) is 0 Å². The smallest absolute Gasteiger partial charge is 0.220 e. The predicted molar refractivity (Wildman–Crippen MR) is 87.3 cm³/mol. The summed E-state index contributed by atoms with van der Waals surface area (Å²) in [7, 11) is 0. The second-order valence-electron chi connectivity index (χ2n) is 6.30. The summed E-state index contributed by atoms with van der Waals surface area (Å²) in [5, 5.41) is 6.45. The summed E-state index contributed by atoms with van der Waals surface area (Å²) in [4.78, 5) is 12.0. The second-order valence-corrected chi connectivity index (χ2v) is 6.30. The van der Waals surface area contributed by atoms with Crippen LogP contribution in [0.4, 0.5) is 0 Å². The van der Waals surface area contributed by atoms with E-state index < -0.39 is 0 Å². The Morgan fingerprint density at radius 2 is 2.05 bits per heavy atom. The average Bonchev–Trinajstić information content (AvgIpc) is 2.50. The SMILES string of the molecule is Cc1ccccc1CCNC(=O)CC(C)C1CCNCC1. The number of benzene rings is 1. The molecule has 21 heavy (non-hydrogen) atoms. The molecule has 0 aliphatic carbocycles. The van der Waals surface area contributed by atoms with E-state index in [-0.39, 0.29) is 5.91 Å². The number of rotatable bonds is 6. The molecule has 0 bridgehead atoms. The van der Waals surface area contributed by atoms with Gasteiger partial charge in [0.05, 0.1) is 0 Å². The maximum absolute atomic E-state index is 12.0. The van der Waals surface area contributed by atoms with Crippen molar-refractivity contribution in [1.29, 1.82) is 0 Å². The normalized spacial score (nSPS) is 17.4. The third kappa shape index (κ3) is 5.16. The molecular formula is C18H28N2O. The molecule has 0 spiro atoms. The molecule has 1 heterocycles. The molecule has 1 aliphatic rings. The molecule has 2 N–H and O–H groups in total. The fourth-order valence-electron chi connectivity index (χ4n) is 3.17. The summed E-state index contributed by atoms with van der Waals surface area (Å²) >= 11 is 0. The highest BCUT2D eigenvalue weighted by molar-refractivity contribution is 5.76. The first-order valence-electron chi connectivity index (χ1n) is 8.18. The van der Waals surface area contributed by atoms with Crippen molar-refractivity contribution < 1.29 is 4.79 Å². The van der Waals surface area contributed by atoms with Crippen molar-refractivity contribution in [1.82, 2.24) is 10.6 Å². The Hall–Kier alpha value is -1.35. The number of carbonyl (C=O) groups is 1. The van der Waals surface area contributed by atoms with Crippen LogP contribution in [0.15, 0.2) is 24.3 Å². The minimum Gasteiger partial charge on any atom is -0.356 e. The summed E-state index contributed by atoms with van der Waals surface area (Å²) in [5.74, 6) is 1.40. The predicted octanol–water partition coefficient (Wildman–Crippen LogP) is 2.68. The Balaban J connectivity index is 1.68. The van der Waals surface area contributed by atoms with Crippen LogP contribution in [0.1, 0.15) is 37.3 Å². The monoisotopic (exact) mass is 288 g/mol. The molecule has 1 aromatic carbocycles. The first kappa shape index (κ1) is 16.0. The molecule has 1 fully saturated rings. The summed E-state index contributed by atoms with van der Waals surface area (Å²) in [6.45, 7) is 7.28. The summed E-state index contributed by atoms with van der Waals surface area (Å²) < 4.78 is 0. The fourth-order valence-corrected chi connectivity index (χ4v) is 3.17. The number of amides is 1. The molecule has 1 aliphatic heterocycles. The van der Waals surface area contributed by atoms with E-state index in [1.807, 2.05) is 0 Å². The highest BCUT2D eigenvalue weighted by Crippen LogP contribution is 2.24. The van der Waals surface area contributed by atoms with Crippen LogP contribution in [0.2, 0.25) is 0 Å². The summed E-state index contributed by atoms with van der Waals surface area (Å²) in [6.07, 6.45) is 3.99. The molecule has 0 saturated carbocycles. The maximum atomic E-state index is 12.0. The van der Waals surface area contributed by atoms with Gasteiger partial charge in [0.2, 0.25) is 5.91 Å². The van der Waals surface area contributed by atoms with E-state index in [2.05, 4.69) is 48.7 Å². The summed E-state index contributed by atoms with van der Waals surface area (Å²) in [5.41, 5.74) is 2.62. The molecule has 1 amide bonds. The molecule has 0 aromatic heterocycles. The molecule has 1 aromatic rings. The first-order chi connectivity index (χ1) is 10.2. The Morgan fingerprint density at radius 1 is 1.33 bits per heavy atom. The maximum Gasteiger partial charge on any atom is 0.220 e. The standard InChI is InChI=1S/C18H28N2O/c1-14-5-3-4-6-16(14)9-12-20-18(21)13-15(2)17-7-10-19-11-8-17/h3-6,15,17,19H,7-13H2,1-2H3,(H,20,21). The number of piperidine rings is 1. The van der Waals surface area contributed by atoms with Crippen LogP contribution >= 0.6 is 0 Å². The lowest BCUT2D eigenvalue weighted by atomic mass is 9.84. The van der Waals surface area contributed by atoms with E-state index in [4.69, 9.17) is 0 Å². The van der Waals surface area contributed by atoms with E-state index >= 15 is 0 Å². The van der Waals surface area contributed by atoms with E-state index in [1.165, 1.54) is 24.0 Å². The number of aryl methyl sites for hydroxylation is 1. The lowest BCUT2D eigenvalue weighted by Gasteiger charge is -2.27. The quantitative estimate of drug-likeness (QED) is 0.845. The van der Waals surface area contributed by atoms with Gasteiger partial charge < -0.3 is 10.6 Å². The van der Waals surface area contributed by atoms with Crippen molar-refractivity contribution in [2.75, 3.05) is 19.6 Å². The van der Waals surface area contributed by atoms with Gasteiger partial charge in [0.25, 0.3) is 0 Å². The third-order valence-electron chi connectivity index (χ3n) is 4.67. The highest BCUT2D eigenvalue weighted by Gasteiger charge is 2.21. The topological polar surface area (TPSA) is 41.1 Å². The second kappa shape index (κ2) is 8.18. The lowest BCUT2D eigenvalue weighted by molar-refractivity contribution is -0.122. The van der Waals surface area contributed by atoms with Gasteiger partial charge in [-0.15, -0.1) is 0 Å². The molecule has 1 saturated heterocycles. The molecule has 2 rings (SSSR count). The minimum atomic E-state index is 0.203. The van der Waals surface area contributed by atoms with Crippen LogP contribution in [-0.2, 0) is 11.2 Å². The Morgan fingerprint density at radius 3 is 2.76 bits per heavy atom. The molecule has 1 unspecified atom stereocenters. The largest absolute Gasteiger partial charge is 0.356 e. The number of nitrogens with one attached hydrogen (secondary N) is 2. The average molecular weight is 288 g/mol.